The van der Waals surface area contributed by atoms with Gasteiger partial charge >= 0.3 is 0 Å². The van der Waals surface area contributed by atoms with Crippen molar-refractivity contribution in [3.8, 4) is 17.2 Å². The lowest BCUT2D eigenvalue weighted by Crippen LogP contribution is -1.93. The van der Waals surface area contributed by atoms with Crippen LogP contribution in [0, 0.1) is 11.3 Å². The number of hydrogen-bond acceptors (Lipinski definition) is 1. The third kappa shape index (κ3) is 2.43. The average Bonchev–Trinajstić information content (AvgIpc) is 2.65. The van der Waals surface area contributed by atoms with Gasteiger partial charge in [-0.3, -0.25) is 0 Å². The first kappa shape index (κ1) is 14.5. The van der Waals surface area contributed by atoms with Gasteiger partial charge in [-0.05, 0) is 44.7 Å². The van der Waals surface area contributed by atoms with Crippen molar-refractivity contribution in [1.82, 2.24) is 0 Å². The van der Waals surface area contributed by atoms with Crippen molar-refractivity contribution in [1.29, 1.82) is 5.26 Å². The molecule has 4 aromatic rings. The molecule has 0 unspecified atom stereocenters. The van der Waals surface area contributed by atoms with Gasteiger partial charge in [-0.25, -0.2) is 0 Å². The second-order valence-electron chi connectivity index (χ2n) is 6.01. The molecule has 0 saturated heterocycles. The molecule has 24 heavy (non-hydrogen) atoms. The number of benzene rings is 4. The highest BCUT2D eigenvalue weighted by molar-refractivity contribution is 6.06. The molecule has 0 N–H and O–H groups in total. The van der Waals surface area contributed by atoms with Crippen molar-refractivity contribution >= 4 is 21.5 Å². The van der Waals surface area contributed by atoms with Crippen molar-refractivity contribution < 1.29 is 0 Å². The Morgan fingerprint density at radius 1 is 0.667 bits per heavy atom. The summed E-state index contributed by atoms with van der Waals surface area (Å²) < 4.78 is 0. The highest BCUT2D eigenvalue weighted by Crippen LogP contribution is 2.37. The standard InChI is InChI=1S/C23H17N/c24-16-6-10-19-15-14-18-8-2-4-12-21(18)23(19)22-13-5-9-17-7-1-3-11-20(17)22/h1-5,7-9,11-15H,6,10H2. The molecule has 4 aromatic carbocycles. The minimum absolute atomic E-state index is 0.538. The predicted molar refractivity (Wildman–Crippen MR) is 101 cm³/mol. The maximum atomic E-state index is 9.02. The van der Waals surface area contributed by atoms with Crippen LogP contribution >= 0.6 is 0 Å². The Morgan fingerprint density at radius 3 is 2.12 bits per heavy atom. The van der Waals surface area contributed by atoms with Gasteiger partial charge in [0.15, 0.2) is 0 Å². The first-order valence-corrected chi connectivity index (χ1v) is 8.24. The Kier molecular flexibility index (Phi) is 3.73. The minimum Gasteiger partial charge on any atom is -0.198 e. The Morgan fingerprint density at radius 2 is 1.33 bits per heavy atom. The fourth-order valence-electron chi connectivity index (χ4n) is 3.48. The summed E-state index contributed by atoms with van der Waals surface area (Å²) in [7, 11) is 0. The van der Waals surface area contributed by atoms with Crippen molar-refractivity contribution in [2.75, 3.05) is 0 Å². The van der Waals surface area contributed by atoms with Gasteiger partial charge in [0.2, 0.25) is 0 Å². The molecular formula is C23H17N. The van der Waals surface area contributed by atoms with Crippen molar-refractivity contribution in [2.45, 2.75) is 12.8 Å². The van der Waals surface area contributed by atoms with Gasteiger partial charge in [-0.15, -0.1) is 0 Å². The van der Waals surface area contributed by atoms with Crippen LogP contribution in [0.25, 0.3) is 32.7 Å². The van der Waals surface area contributed by atoms with Crippen LogP contribution in [0.4, 0.5) is 0 Å². The fourth-order valence-corrected chi connectivity index (χ4v) is 3.48. The van der Waals surface area contributed by atoms with Crippen LogP contribution in [0.2, 0.25) is 0 Å². The number of nitrogens with zero attached hydrogens (tertiary/aromatic N) is 1. The molecule has 0 aromatic heterocycles. The number of aryl methyl sites for hydroxylation is 1. The third-order valence-electron chi connectivity index (χ3n) is 4.58. The summed E-state index contributed by atoms with van der Waals surface area (Å²) in [5, 5.41) is 14.0. The van der Waals surface area contributed by atoms with Gasteiger partial charge in [-0.1, -0.05) is 78.9 Å². The van der Waals surface area contributed by atoms with E-state index in [2.05, 4.69) is 84.9 Å². The van der Waals surface area contributed by atoms with Crippen molar-refractivity contribution in [3.63, 3.8) is 0 Å². The maximum absolute atomic E-state index is 9.02. The van der Waals surface area contributed by atoms with E-state index >= 15 is 0 Å². The first-order valence-electron chi connectivity index (χ1n) is 8.24. The number of hydrogen-bond donors (Lipinski definition) is 0. The van der Waals surface area contributed by atoms with E-state index in [1.807, 2.05) is 0 Å². The van der Waals surface area contributed by atoms with Gasteiger partial charge in [0.05, 0.1) is 6.07 Å². The van der Waals surface area contributed by atoms with Gasteiger partial charge in [0.1, 0.15) is 0 Å². The summed E-state index contributed by atoms with van der Waals surface area (Å²) in [5.41, 5.74) is 3.75. The Bertz CT molecular complexity index is 1060. The summed E-state index contributed by atoms with van der Waals surface area (Å²) >= 11 is 0. The molecule has 0 amide bonds. The zero-order valence-electron chi connectivity index (χ0n) is 13.4. The highest BCUT2D eigenvalue weighted by atomic mass is 14.2. The highest BCUT2D eigenvalue weighted by Gasteiger charge is 2.12. The number of rotatable bonds is 3. The third-order valence-corrected chi connectivity index (χ3v) is 4.58. The van der Waals surface area contributed by atoms with Crippen LogP contribution in [-0.2, 0) is 6.42 Å². The topological polar surface area (TPSA) is 23.8 Å². The van der Waals surface area contributed by atoms with E-state index in [9.17, 15) is 0 Å². The van der Waals surface area contributed by atoms with E-state index in [0.717, 1.165) is 6.42 Å². The molecule has 4 rings (SSSR count). The lowest BCUT2D eigenvalue weighted by Gasteiger charge is -2.15. The second-order valence-corrected chi connectivity index (χ2v) is 6.01. The monoisotopic (exact) mass is 307 g/mol. The van der Waals surface area contributed by atoms with Gasteiger partial charge < -0.3 is 0 Å². The molecule has 114 valence electrons. The van der Waals surface area contributed by atoms with Crippen LogP contribution < -0.4 is 0 Å². The van der Waals surface area contributed by atoms with Gasteiger partial charge in [-0.2, -0.15) is 5.26 Å². The Balaban J connectivity index is 2.08. The van der Waals surface area contributed by atoms with E-state index in [-0.39, 0.29) is 0 Å². The van der Waals surface area contributed by atoms with E-state index < -0.39 is 0 Å². The molecule has 0 bridgehead atoms. The summed E-state index contributed by atoms with van der Waals surface area (Å²) in [6.07, 6.45) is 1.32. The second kappa shape index (κ2) is 6.18. The first-order chi connectivity index (χ1) is 11.9. The molecular weight excluding hydrogens is 290 g/mol. The molecule has 0 saturated carbocycles. The van der Waals surface area contributed by atoms with E-state index in [1.54, 1.807) is 0 Å². The maximum Gasteiger partial charge on any atom is 0.0625 e. The smallest absolute Gasteiger partial charge is 0.0625 e. The van der Waals surface area contributed by atoms with E-state index in [1.165, 1.54) is 38.2 Å². The minimum atomic E-state index is 0.538. The average molecular weight is 307 g/mol. The van der Waals surface area contributed by atoms with E-state index in [0.29, 0.717) is 6.42 Å². The van der Waals surface area contributed by atoms with Crippen molar-refractivity contribution in [3.05, 3.63) is 84.4 Å². The molecule has 0 aliphatic heterocycles. The SMILES string of the molecule is N#CCCc1ccc2ccccc2c1-c1cccc2ccccc12. The van der Waals surface area contributed by atoms with Gasteiger partial charge in [0, 0.05) is 6.42 Å². The molecule has 0 heterocycles. The quantitative estimate of drug-likeness (QED) is 0.447. The lowest BCUT2D eigenvalue weighted by molar-refractivity contribution is 1.02. The number of fused-ring (bicyclic) bond motifs is 2. The number of nitriles is 1. The zero-order chi connectivity index (χ0) is 16.4. The zero-order valence-corrected chi connectivity index (χ0v) is 13.4. The summed E-state index contributed by atoms with van der Waals surface area (Å²) in [5.74, 6) is 0. The normalized spacial score (nSPS) is 10.8. The molecule has 0 fully saturated rings. The lowest BCUT2D eigenvalue weighted by atomic mass is 9.89. The van der Waals surface area contributed by atoms with E-state index in [4.69, 9.17) is 5.26 Å². The Labute approximate surface area is 141 Å². The molecule has 0 aliphatic rings. The van der Waals surface area contributed by atoms with Crippen molar-refractivity contribution in [2.24, 2.45) is 0 Å². The summed E-state index contributed by atoms with van der Waals surface area (Å²) in [4.78, 5) is 0. The van der Waals surface area contributed by atoms with Gasteiger partial charge in [0.25, 0.3) is 0 Å². The fraction of sp³-hybridized carbons (Fsp3) is 0.0870. The molecule has 0 aliphatic carbocycles. The Hall–Kier alpha value is -3.11. The largest absolute Gasteiger partial charge is 0.198 e. The van der Waals surface area contributed by atoms with Crippen LogP contribution in [0.15, 0.2) is 78.9 Å². The molecule has 0 radical (unpaired) electrons. The van der Waals surface area contributed by atoms with Crippen LogP contribution in [0.1, 0.15) is 12.0 Å². The van der Waals surface area contributed by atoms with Crippen LogP contribution in [-0.4, -0.2) is 0 Å². The summed E-state index contributed by atoms with van der Waals surface area (Å²) in [6, 6.07) is 30.1. The van der Waals surface area contributed by atoms with Crippen LogP contribution in [0.3, 0.4) is 0 Å². The molecule has 1 heteroatoms. The van der Waals surface area contributed by atoms with Crippen LogP contribution in [0.5, 0.6) is 0 Å². The summed E-state index contributed by atoms with van der Waals surface area (Å²) in [6.45, 7) is 0. The molecule has 0 atom stereocenters. The molecule has 1 nitrogen and oxygen atoms in total. The predicted octanol–water partition coefficient (Wildman–Crippen LogP) is 6.12. The molecule has 0 spiro atoms.